The van der Waals surface area contributed by atoms with Crippen molar-refractivity contribution in [1.29, 1.82) is 0 Å². The molecular formula is C12H15NO. The minimum Gasteiger partial charge on any atom is -0.457 e. The zero-order valence-electron chi connectivity index (χ0n) is 8.21. The van der Waals surface area contributed by atoms with Crippen LogP contribution >= 0.6 is 0 Å². The van der Waals surface area contributed by atoms with E-state index in [1.807, 2.05) is 24.3 Å². The Labute approximate surface area is 85.4 Å². The number of fused-ring (bicyclic) bond motifs is 1. The summed E-state index contributed by atoms with van der Waals surface area (Å²) in [5.74, 6) is 1.83. The Kier molecular flexibility index (Phi) is 2.27. The maximum atomic E-state index is 5.73. The largest absolute Gasteiger partial charge is 0.457 e. The maximum Gasteiger partial charge on any atom is 0.150 e. The minimum absolute atomic E-state index is 0. The van der Waals surface area contributed by atoms with Gasteiger partial charge in [-0.2, -0.15) is 0 Å². The molecule has 0 saturated heterocycles. The molecule has 74 valence electrons. The average molecular weight is 189 g/mol. The first-order chi connectivity index (χ1) is 6.85. The lowest BCUT2D eigenvalue weighted by atomic mass is 10.2. The molecule has 0 fully saturated rings. The quantitative estimate of drug-likeness (QED) is 0.768. The van der Waals surface area contributed by atoms with Crippen LogP contribution in [0, 0.1) is 0 Å². The summed E-state index contributed by atoms with van der Waals surface area (Å²) in [6.07, 6.45) is 2.65. The molecule has 0 spiro atoms. The number of para-hydroxylation sites is 2. The molecule has 0 bridgehead atoms. The minimum atomic E-state index is 0. The van der Waals surface area contributed by atoms with Gasteiger partial charge in [0.2, 0.25) is 0 Å². The van der Waals surface area contributed by atoms with E-state index >= 15 is 0 Å². The van der Waals surface area contributed by atoms with Crippen LogP contribution in [0.3, 0.4) is 0 Å². The molecule has 1 aliphatic heterocycles. The number of anilines is 1. The number of hydrogen-bond donors (Lipinski definition) is 1. The fraction of sp³-hybridized carbons (Fsp3) is 0.167. The topological polar surface area (TPSA) is 21.3 Å². The lowest BCUT2D eigenvalue weighted by Crippen LogP contribution is -2.12. The highest BCUT2D eigenvalue weighted by atomic mass is 16.5. The van der Waals surface area contributed by atoms with Crippen molar-refractivity contribution in [3.05, 3.63) is 48.4 Å². The van der Waals surface area contributed by atoms with E-state index in [1.165, 1.54) is 0 Å². The standard InChI is InChI=1S/C12H13NO.H2/c1-3-9-11(4-2)14-12-8-6-5-7-10(12)13-9;/h3,5-8,13H,1,4H2,2H3;1H. The zero-order chi connectivity index (χ0) is 9.97. The molecule has 0 radical (unpaired) electrons. The molecule has 0 unspecified atom stereocenters. The molecule has 1 aromatic carbocycles. The van der Waals surface area contributed by atoms with E-state index in [2.05, 4.69) is 18.8 Å². The van der Waals surface area contributed by atoms with Crippen LogP contribution in [-0.4, -0.2) is 0 Å². The molecule has 0 amide bonds. The van der Waals surface area contributed by atoms with Gasteiger partial charge in [0.05, 0.1) is 11.4 Å². The summed E-state index contributed by atoms with van der Waals surface area (Å²) in [6, 6.07) is 7.89. The summed E-state index contributed by atoms with van der Waals surface area (Å²) in [5.41, 5.74) is 1.96. The molecule has 1 N–H and O–H groups in total. The van der Waals surface area contributed by atoms with E-state index in [0.29, 0.717) is 0 Å². The number of nitrogens with one attached hydrogen (secondary N) is 1. The second-order valence-corrected chi connectivity index (χ2v) is 3.12. The van der Waals surface area contributed by atoms with Gasteiger partial charge in [0.1, 0.15) is 11.5 Å². The van der Waals surface area contributed by atoms with Gasteiger partial charge in [-0.25, -0.2) is 0 Å². The van der Waals surface area contributed by atoms with Gasteiger partial charge in [-0.05, 0) is 18.2 Å². The Morgan fingerprint density at radius 1 is 1.50 bits per heavy atom. The van der Waals surface area contributed by atoms with Gasteiger partial charge < -0.3 is 10.1 Å². The fourth-order valence-corrected chi connectivity index (χ4v) is 1.49. The average Bonchev–Trinajstić information content (AvgIpc) is 2.27. The van der Waals surface area contributed by atoms with Gasteiger partial charge in [0.15, 0.2) is 0 Å². The van der Waals surface area contributed by atoms with Gasteiger partial charge in [0.25, 0.3) is 0 Å². The van der Waals surface area contributed by atoms with Gasteiger partial charge >= 0.3 is 0 Å². The Bertz CT molecular complexity index is 398. The highest BCUT2D eigenvalue weighted by molar-refractivity contribution is 5.63. The molecule has 0 aromatic heterocycles. The SMILES string of the molecule is C=CC1=C(CC)Oc2ccccc2N1.[HH]. The number of rotatable bonds is 2. The first kappa shape index (κ1) is 8.88. The van der Waals surface area contributed by atoms with Crippen LogP contribution in [0.15, 0.2) is 48.4 Å². The predicted molar refractivity (Wildman–Crippen MR) is 60.3 cm³/mol. The van der Waals surface area contributed by atoms with E-state index in [9.17, 15) is 0 Å². The van der Waals surface area contributed by atoms with Crippen LogP contribution in [0.5, 0.6) is 5.75 Å². The zero-order valence-corrected chi connectivity index (χ0v) is 8.21. The molecule has 0 saturated carbocycles. The van der Waals surface area contributed by atoms with Crippen molar-refractivity contribution in [3.8, 4) is 5.75 Å². The molecule has 0 atom stereocenters. The third-order valence-corrected chi connectivity index (χ3v) is 2.22. The van der Waals surface area contributed by atoms with Crippen molar-refractivity contribution in [1.82, 2.24) is 0 Å². The summed E-state index contributed by atoms with van der Waals surface area (Å²) in [7, 11) is 0. The lowest BCUT2D eigenvalue weighted by Gasteiger charge is -2.22. The van der Waals surface area contributed by atoms with Crippen molar-refractivity contribution >= 4 is 5.69 Å². The van der Waals surface area contributed by atoms with E-state index in [4.69, 9.17) is 4.74 Å². The molecule has 1 heterocycles. The maximum absolute atomic E-state index is 5.73. The molecule has 0 aliphatic carbocycles. The van der Waals surface area contributed by atoms with Gasteiger partial charge in [0, 0.05) is 7.85 Å². The fourth-order valence-electron chi connectivity index (χ4n) is 1.49. The first-order valence-electron chi connectivity index (χ1n) is 4.74. The summed E-state index contributed by atoms with van der Waals surface area (Å²) >= 11 is 0. The van der Waals surface area contributed by atoms with Crippen LogP contribution in [0.25, 0.3) is 0 Å². The molecule has 2 heteroatoms. The van der Waals surface area contributed by atoms with Gasteiger partial charge in [-0.15, -0.1) is 0 Å². The van der Waals surface area contributed by atoms with Crippen LogP contribution in [-0.2, 0) is 0 Å². The second-order valence-electron chi connectivity index (χ2n) is 3.12. The Hall–Kier alpha value is -1.70. The number of ether oxygens (including phenoxy) is 1. The van der Waals surface area contributed by atoms with Crippen LogP contribution in [0.1, 0.15) is 14.8 Å². The molecule has 2 rings (SSSR count). The summed E-state index contributed by atoms with van der Waals surface area (Å²) in [5, 5.41) is 3.28. The normalized spacial score (nSPS) is 14.1. The smallest absolute Gasteiger partial charge is 0.150 e. The second kappa shape index (κ2) is 3.58. The van der Waals surface area contributed by atoms with Crippen LogP contribution in [0.2, 0.25) is 0 Å². The third kappa shape index (κ3) is 1.39. The highest BCUT2D eigenvalue weighted by Crippen LogP contribution is 2.33. The number of benzene rings is 1. The highest BCUT2D eigenvalue weighted by Gasteiger charge is 2.14. The van der Waals surface area contributed by atoms with Crippen molar-refractivity contribution < 1.29 is 6.16 Å². The Balaban J connectivity index is 0.00000112. The lowest BCUT2D eigenvalue weighted by molar-refractivity contribution is 0.400. The number of hydrogen-bond acceptors (Lipinski definition) is 2. The van der Waals surface area contributed by atoms with Crippen molar-refractivity contribution in [2.45, 2.75) is 13.3 Å². The van der Waals surface area contributed by atoms with Gasteiger partial charge in [-0.3, -0.25) is 0 Å². The molecular weight excluding hydrogens is 174 g/mol. The summed E-state index contributed by atoms with van der Waals surface area (Å²) < 4.78 is 5.73. The molecule has 2 nitrogen and oxygen atoms in total. The van der Waals surface area contributed by atoms with Gasteiger partial charge in [-0.1, -0.05) is 25.6 Å². The number of allylic oxidation sites excluding steroid dienone is 2. The van der Waals surface area contributed by atoms with E-state index in [-0.39, 0.29) is 1.43 Å². The monoisotopic (exact) mass is 189 g/mol. The Morgan fingerprint density at radius 2 is 2.29 bits per heavy atom. The van der Waals surface area contributed by atoms with E-state index in [0.717, 1.165) is 29.3 Å². The molecule has 14 heavy (non-hydrogen) atoms. The summed E-state index contributed by atoms with van der Waals surface area (Å²) in [6.45, 7) is 5.82. The third-order valence-electron chi connectivity index (χ3n) is 2.22. The Morgan fingerprint density at radius 3 is 3.00 bits per heavy atom. The van der Waals surface area contributed by atoms with Crippen LogP contribution in [0.4, 0.5) is 5.69 Å². The predicted octanol–water partition coefficient (Wildman–Crippen LogP) is 3.54. The summed E-state index contributed by atoms with van der Waals surface area (Å²) in [4.78, 5) is 0. The van der Waals surface area contributed by atoms with E-state index < -0.39 is 0 Å². The first-order valence-corrected chi connectivity index (χ1v) is 4.74. The van der Waals surface area contributed by atoms with Crippen molar-refractivity contribution in [2.75, 3.05) is 5.32 Å². The van der Waals surface area contributed by atoms with Crippen molar-refractivity contribution in [2.24, 2.45) is 0 Å². The van der Waals surface area contributed by atoms with Crippen molar-refractivity contribution in [3.63, 3.8) is 0 Å². The molecule has 1 aliphatic rings. The van der Waals surface area contributed by atoms with Crippen LogP contribution < -0.4 is 10.1 Å². The van der Waals surface area contributed by atoms with E-state index in [1.54, 1.807) is 6.08 Å². The molecule has 1 aromatic rings.